The first-order chi connectivity index (χ1) is 13.8. The summed E-state index contributed by atoms with van der Waals surface area (Å²) >= 11 is 1.55. The molecule has 0 atom stereocenters. The van der Waals surface area contributed by atoms with E-state index in [4.69, 9.17) is 4.74 Å². The number of carbonyl (C=O) groups is 1. The first-order valence-electron chi connectivity index (χ1n) is 9.95. The normalized spacial score (nSPS) is 14.8. The van der Waals surface area contributed by atoms with Crippen molar-refractivity contribution >= 4 is 33.0 Å². The van der Waals surface area contributed by atoms with Gasteiger partial charge in [-0.05, 0) is 62.4 Å². The zero-order chi connectivity index (χ0) is 21.0. The number of fused-ring (bicyclic) bond motifs is 1. The highest BCUT2D eigenvalue weighted by atomic mass is 32.2. The highest BCUT2D eigenvalue weighted by Crippen LogP contribution is 2.31. The summed E-state index contributed by atoms with van der Waals surface area (Å²) in [6.45, 7) is 2.15. The predicted octanol–water partition coefficient (Wildman–Crippen LogP) is 4.31. The van der Waals surface area contributed by atoms with Gasteiger partial charge in [0.05, 0.1) is 11.5 Å². The monoisotopic (exact) mass is 436 g/mol. The van der Waals surface area contributed by atoms with E-state index in [1.165, 1.54) is 49.9 Å². The van der Waals surface area contributed by atoms with Crippen LogP contribution in [-0.4, -0.2) is 39.3 Å². The number of aryl methyl sites for hydroxylation is 2. The molecule has 0 saturated carbocycles. The zero-order valence-electron chi connectivity index (χ0n) is 17.2. The number of anilines is 1. The molecule has 1 heterocycles. The van der Waals surface area contributed by atoms with Crippen molar-refractivity contribution in [3.63, 3.8) is 0 Å². The number of rotatable bonds is 6. The summed E-state index contributed by atoms with van der Waals surface area (Å²) in [5, 5.41) is 2.85. The molecule has 6 nitrogen and oxygen atoms in total. The topological polar surface area (TPSA) is 75.7 Å². The Morgan fingerprint density at radius 2 is 1.86 bits per heavy atom. The van der Waals surface area contributed by atoms with Crippen molar-refractivity contribution in [2.24, 2.45) is 0 Å². The average Bonchev–Trinajstić information content (AvgIpc) is 3.05. The van der Waals surface area contributed by atoms with E-state index in [0.717, 1.165) is 23.6 Å². The first-order valence-corrected chi connectivity index (χ1v) is 12.2. The van der Waals surface area contributed by atoms with Gasteiger partial charge in [0.15, 0.2) is 0 Å². The third-order valence-electron chi connectivity index (χ3n) is 4.98. The Morgan fingerprint density at radius 1 is 1.14 bits per heavy atom. The fourth-order valence-electron chi connectivity index (χ4n) is 3.41. The van der Waals surface area contributed by atoms with Gasteiger partial charge in [-0.1, -0.05) is 12.8 Å². The number of hydrogen-bond acceptors (Lipinski definition) is 5. The number of benzene rings is 1. The Labute approximate surface area is 176 Å². The standard InChI is InChI=1S/C21H28N2O4S2/c1-4-27-17-12-11-16(14-20(17)29(25,26)23(2)3)22-21(24)19-13-15-9-7-5-6-8-10-18(15)28-19/h11-14H,4-10H2,1-3H3,(H,22,24). The molecule has 3 rings (SSSR count). The van der Waals surface area contributed by atoms with Gasteiger partial charge in [0.2, 0.25) is 10.0 Å². The number of ether oxygens (including phenoxy) is 1. The number of carbonyl (C=O) groups excluding carboxylic acids is 1. The van der Waals surface area contributed by atoms with Gasteiger partial charge in [-0.25, -0.2) is 12.7 Å². The number of amides is 1. The lowest BCUT2D eigenvalue weighted by molar-refractivity contribution is 0.103. The first kappa shape index (κ1) is 21.8. The highest BCUT2D eigenvalue weighted by molar-refractivity contribution is 7.89. The molecular weight excluding hydrogens is 408 g/mol. The van der Waals surface area contributed by atoms with Crippen LogP contribution >= 0.6 is 11.3 Å². The molecule has 29 heavy (non-hydrogen) atoms. The van der Waals surface area contributed by atoms with Crippen LogP contribution in [0.3, 0.4) is 0 Å². The molecule has 2 aromatic rings. The molecule has 1 aliphatic rings. The van der Waals surface area contributed by atoms with Gasteiger partial charge in [-0.15, -0.1) is 11.3 Å². The Bertz CT molecular complexity index is 955. The number of nitrogens with one attached hydrogen (secondary N) is 1. The Hall–Kier alpha value is -1.90. The summed E-state index contributed by atoms with van der Waals surface area (Å²) in [5.41, 5.74) is 1.71. The molecule has 1 aliphatic carbocycles. The molecular formula is C21H28N2O4S2. The van der Waals surface area contributed by atoms with E-state index >= 15 is 0 Å². The Kier molecular flexibility index (Phi) is 6.97. The highest BCUT2D eigenvalue weighted by Gasteiger charge is 2.24. The molecule has 1 amide bonds. The van der Waals surface area contributed by atoms with Crippen LogP contribution in [0.15, 0.2) is 29.2 Å². The maximum Gasteiger partial charge on any atom is 0.265 e. The van der Waals surface area contributed by atoms with Crippen molar-refractivity contribution in [1.29, 1.82) is 0 Å². The molecule has 1 N–H and O–H groups in total. The van der Waals surface area contributed by atoms with Crippen LogP contribution in [0.2, 0.25) is 0 Å². The second-order valence-electron chi connectivity index (χ2n) is 7.31. The van der Waals surface area contributed by atoms with E-state index < -0.39 is 10.0 Å². The molecule has 0 radical (unpaired) electrons. The number of sulfonamides is 1. The molecule has 0 spiro atoms. The van der Waals surface area contributed by atoms with E-state index in [2.05, 4.69) is 5.32 Å². The lowest BCUT2D eigenvalue weighted by Gasteiger charge is -2.16. The predicted molar refractivity (Wildman–Crippen MR) is 117 cm³/mol. The minimum Gasteiger partial charge on any atom is -0.492 e. The molecule has 1 aromatic heterocycles. The molecule has 0 fully saturated rings. The summed E-state index contributed by atoms with van der Waals surface area (Å²) in [6.07, 6.45) is 6.86. The van der Waals surface area contributed by atoms with Crippen LogP contribution in [0.4, 0.5) is 5.69 Å². The van der Waals surface area contributed by atoms with Gasteiger partial charge in [-0.3, -0.25) is 4.79 Å². The third kappa shape index (κ3) is 4.99. The van der Waals surface area contributed by atoms with Crippen LogP contribution in [0.25, 0.3) is 0 Å². The Balaban J connectivity index is 1.86. The summed E-state index contributed by atoms with van der Waals surface area (Å²) in [4.78, 5) is 14.8. The average molecular weight is 437 g/mol. The minimum absolute atomic E-state index is 0.0422. The van der Waals surface area contributed by atoms with Crippen LogP contribution < -0.4 is 10.1 Å². The maximum atomic E-state index is 12.8. The number of thiophene rings is 1. The van der Waals surface area contributed by atoms with Crippen molar-refractivity contribution in [2.75, 3.05) is 26.0 Å². The van der Waals surface area contributed by atoms with E-state index in [9.17, 15) is 13.2 Å². The molecule has 0 aliphatic heterocycles. The minimum atomic E-state index is -3.70. The van der Waals surface area contributed by atoms with Crippen molar-refractivity contribution in [3.05, 3.63) is 39.6 Å². The van der Waals surface area contributed by atoms with Crippen molar-refractivity contribution in [1.82, 2.24) is 4.31 Å². The summed E-state index contributed by atoms with van der Waals surface area (Å²) < 4.78 is 32.0. The lowest BCUT2D eigenvalue weighted by Crippen LogP contribution is -2.23. The van der Waals surface area contributed by atoms with Crippen LogP contribution in [0.1, 0.15) is 52.7 Å². The van der Waals surface area contributed by atoms with Gasteiger partial charge in [-0.2, -0.15) is 0 Å². The second-order valence-corrected chi connectivity index (χ2v) is 10.6. The summed E-state index contributed by atoms with van der Waals surface area (Å²) in [5.74, 6) is 0.0670. The summed E-state index contributed by atoms with van der Waals surface area (Å²) in [6, 6.07) is 6.71. The fraction of sp³-hybridized carbons (Fsp3) is 0.476. The van der Waals surface area contributed by atoms with E-state index in [1.54, 1.807) is 30.4 Å². The SMILES string of the molecule is CCOc1ccc(NC(=O)c2cc3c(s2)CCCCCC3)cc1S(=O)(=O)N(C)C. The largest absolute Gasteiger partial charge is 0.492 e. The zero-order valence-corrected chi connectivity index (χ0v) is 18.8. The van der Waals surface area contributed by atoms with Crippen molar-refractivity contribution < 1.29 is 17.9 Å². The van der Waals surface area contributed by atoms with Crippen molar-refractivity contribution in [2.45, 2.75) is 50.3 Å². The van der Waals surface area contributed by atoms with Gasteiger partial charge >= 0.3 is 0 Å². The van der Waals surface area contributed by atoms with Gasteiger partial charge < -0.3 is 10.1 Å². The van der Waals surface area contributed by atoms with E-state index in [0.29, 0.717) is 17.2 Å². The third-order valence-corrected chi connectivity index (χ3v) is 8.05. The molecule has 8 heteroatoms. The van der Waals surface area contributed by atoms with Crippen molar-refractivity contribution in [3.8, 4) is 5.75 Å². The molecule has 0 saturated heterocycles. The van der Waals surface area contributed by atoms with E-state index in [-0.39, 0.29) is 16.6 Å². The lowest BCUT2D eigenvalue weighted by atomic mass is 10.00. The van der Waals surface area contributed by atoms with Gasteiger partial charge in [0, 0.05) is 24.7 Å². The van der Waals surface area contributed by atoms with Crippen LogP contribution in [0.5, 0.6) is 5.75 Å². The Morgan fingerprint density at radius 3 is 2.55 bits per heavy atom. The number of hydrogen-bond donors (Lipinski definition) is 1. The fourth-order valence-corrected chi connectivity index (χ4v) is 5.61. The molecule has 0 unspecified atom stereocenters. The smallest absolute Gasteiger partial charge is 0.265 e. The molecule has 0 bridgehead atoms. The second kappa shape index (κ2) is 9.28. The van der Waals surface area contributed by atoms with Crippen LogP contribution in [-0.2, 0) is 22.9 Å². The molecule has 1 aromatic carbocycles. The maximum absolute atomic E-state index is 12.8. The van der Waals surface area contributed by atoms with E-state index in [1.807, 2.05) is 6.07 Å². The van der Waals surface area contributed by atoms with Crippen LogP contribution in [0, 0.1) is 0 Å². The van der Waals surface area contributed by atoms with Gasteiger partial charge in [0.1, 0.15) is 10.6 Å². The quantitative estimate of drug-likeness (QED) is 0.732. The van der Waals surface area contributed by atoms with Gasteiger partial charge in [0.25, 0.3) is 5.91 Å². The summed E-state index contributed by atoms with van der Waals surface area (Å²) in [7, 11) is -0.764. The molecule has 158 valence electrons. The number of nitrogens with zero attached hydrogens (tertiary/aromatic N) is 1.